The fourth-order valence-corrected chi connectivity index (χ4v) is 3.19. The number of rotatable bonds is 4. The summed E-state index contributed by atoms with van der Waals surface area (Å²) in [5.41, 5.74) is 0.342. The summed E-state index contributed by atoms with van der Waals surface area (Å²) in [6, 6.07) is 9.90. The molecule has 2 aromatic rings. The Labute approximate surface area is 161 Å². The van der Waals surface area contributed by atoms with Crippen molar-refractivity contribution in [3.05, 3.63) is 59.4 Å². The third kappa shape index (κ3) is 5.01. The number of hydrogen-bond donors (Lipinski definition) is 0. The molecule has 8 heteroatoms. The highest BCUT2D eigenvalue weighted by atomic mass is 19.4. The highest BCUT2D eigenvalue weighted by Crippen LogP contribution is 2.27. The molecule has 0 spiro atoms. The number of hydrogen-bond acceptors (Lipinski definition) is 4. The molecular weight excluding hydrogens is 371 g/mol. The van der Waals surface area contributed by atoms with E-state index in [1.165, 1.54) is 6.07 Å². The van der Waals surface area contributed by atoms with E-state index in [-0.39, 0.29) is 11.5 Å². The van der Waals surface area contributed by atoms with Crippen LogP contribution in [0.2, 0.25) is 0 Å². The zero-order valence-corrected chi connectivity index (χ0v) is 15.6. The van der Waals surface area contributed by atoms with E-state index in [9.17, 15) is 18.0 Å². The van der Waals surface area contributed by atoms with Gasteiger partial charge in [-0.25, -0.2) is 0 Å². The van der Waals surface area contributed by atoms with E-state index < -0.39 is 11.9 Å². The van der Waals surface area contributed by atoms with Gasteiger partial charge in [-0.3, -0.25) is 14.7 Å². The van der Waals surface area contributed by atoms with Crippen molar-refractivity contribution in [1.29, 1.82) is 0 Å². The van der Waals surface area contributed by atoms with Crippen molar-refractivity contribution in [3.8, 4) is 5.75 Å². The molecule has 0 aliphatic carbocycles. The summed E-state index contributed by atoms with van der Waals surface area (Å²) in [6.45, 7) is 3.41. The molecule has 1 fully saturated rings. The van der Waals surface area contributed by atoms with Gasteiger partial charge in [0.05, 0.1) is 12.7 Å². The van der Waals surface area contributed by atoms with Crippen LogP contribution in [0.15, 0.2) is 42.6 Å². The molecule has 1 aliphatic heterocycles. The van der Waals surface area contributed by atoms with Crippen LogP contribution in [0.1, 0.15) is 28.0 Å². The number of halogens is 3. The minimum absolute atomic E-state index is 0.177. The van der Waals surface area contributed by atoms with Crippen molar-refractivity contribution >= 4 is 5.91 Å². The lowest BCUT2D eigenvalue weighted by Crippen LogP contribution is -2.35. The third-order valence-corrected chi connectivity index (χ3v) is 4.74. The number of carbonyl (C=O) groups is 1. The molecule has 5 nitrogen and oxygen atoms in total. The number of amides is 1. The van der Waals surface area contributed by atoms with Crippen molar-refractivity contribution in [3.63, 3.8) is 0 Å². The molecule has 28 heavy (non-hydrogen) atoms. The highest BCUT2D eigenvalue weighted by Gasteiger charge is 2.32. The maximum absolute atomic E-state index is 12.6. The van der Waals surface area contributed by atoms with Crippen molar-refractivity contribution in [1.82, 2.24) is 14.8 Å². The third-order valence-electron chi connectivity index (χ3n) is 4.74. The molecule has 0 atom stereocenters. The van der Waals surface area contributed by atoms with Gasteiger partial charge in [0.2, 0.25) is 0 Å². The van der Waals surface area contributed by atoms with Gasteiger partial charge in [0.15, 0.2) is 0 Å². The molecule has 0 N–H and O–H groups in total. The molecule has 1 aromatic heterocycles. The standard InChI is InChI=1S/C20H22F3N3O2/c1-28-17-6-3-15(4-7-17)14-25-9-2-10-26(12-11-25)19(27)16-5-8-18(24-13-16)20(21,22)23/h3-8,13H,2,9-12,14H2,1H3. The van der Waals surface area contributed by atoms with Crippen LogP contribution < -0.4 is 4.74 Å². The second-order valence-electron chi connectivity index (χ2n) is 6.70. The first-order chi connectivity index (χ1) is 13.4. The predicted molar refractivity (Wildman–Crippen MR) is 98.0 cm³/mol. The summed E-state index contributed by atoms with van der Waals surface area (Å²) in [5.74, 6) is 0.522. The van der Waals surface area contributed by atoms with Crippen molar-refractivity contribution in [2.75, 3.05) is 33.3 Å². The van der Waals surface area contributed by atoms with Crippen LogP contribution in [0, 0.1) is 0 Å². The van der Waals surface area contributed by atoms with Gasteiger partial charge < -0.3 is 9.64 Å². The van der Waals surface area contributed by atoms with Gasteiger partial charge in [-0.1, -0.05) is 12.1 Å². The zero-order chi connectivity index (χ0) is 20.1. The minimum Gasteiger partial charge on any atom is -0.497 e. The number of methoxy groups -OCH3 is 1. The molecule has 1 aromatic carbocycles. The van der Waals surface area contributed by atoms with E-state index in [4.69, 9.17) is 4.74 Å². The minimum atomic E-state index is -4.51. The number of alkyl halides is 3. The fourth-order valence-electron chi connectivity index (χ4n) is 3.19. The monoisotopic (exact) mass is 393 g/mol. The number of nitrogens with zero attached hydrogens (tertiary/aromatic N) is 3. The van der Waals surface area contributed by atoms with E-state index in [1.807, 2.05) is 24.3 Å². The summed E-state index contributed by atoms with van der Waals surface area (Å²) >= 11 is 0. The van der Waals surface area contributed by atoms with E-state index in [0.29, 0.717) is 19.6 Å². The van der Waals surface area contributed by atoms with Gasteiger partial charge in [0, 0.05) is 38.9 Å². The Hall–Kier alpha value is -2.61. The molecule has 0 unspecified atom stereocenters. The lowest BCUT2D eigenvalue weighted by Gasteiger charge is -2.22. The summed E-state index contributed by atoms with van der Waals surface area (Å²) in [5, 5.41) is 0. The Bertz CT molecular complexity index is 792. The first kappa shape index (κ1) is 20.1. The lowest BCUT2D eigenvalue weighted by molar-refractivity contribution is -0.141. The molecular formula is C20H22F3N3O2. The Kier molecular flexibility index (Phi) is 6.18. The van der Waals surface area contributed by atoms with E-state index >= 15 is 0 Å². The topological polar surface area (TPSA) is 45.7 Å². The maximum Gasteiger partial charge on any atom is 0.433 e. The molecule has 2 heterocycles. The molecule has 0 saturated carbocycles. The van der Waals surface area contributed by atoms with Crippen LogP contribution in [0.3, 0.4) is 0 Å². The number of pyridine rings is 1. The fraction of sp³-hybridized carbons (Fsp3) is 0.400. The number of aromatic nitrogens is 1. The SMILES string of the molecule is COc1ccc(CN2CCCN(C(=O)c3ccc(C(F)(F)F)nc3)CC2)cc1. The summed E-state index contributed by atoms with van der Waals surface area (Å²) in [7, 11) is 1.63. The predicted octanol–water partition coefficient (Wildman–Crippen LogP) is 3.46. The van der Waals surface area contributed by atoms with Crippen LogP contribution in [0.5, 0.6) is 5.75 Å². The smallest absolute Gasteiger partial charge is 0.433 e. The van der Waals surface area contributed by atoms with Gasteiger partial charge in [-0.05, 0) is 36.2 Å². The quantitative estimate of drug-likeness (QED) is 0.798. The molecule has 1 aliphatic rings. The van der Waals surface area contributed by atoms with Gasteiger partial charge in [-0.15, -0.1) is 0 Å². The Morgan fingerprint density at radius 3 is 2.43 bits per heavy atom. The average molecular weight is 393 g/mol. The Morgan fingerprint density at radius 1 is 1.07 bits per heavy atom. The average Bonchev–Trinajstić information content (AvgIpc) is 2.93. The molecule has 3 rings (SSSR count). The number of ether oxygens (including phenoxy) is 1. The largest absolute Gasteiger partial charge is 0.497 e. The van der Waals surface area contributed by atoms with Gasteiger partial charge in [0.1, 0.15) is 11.4 Å². The maximum atomic E-state index is 12.6. The van der Waals surface area contributed by atoms with Gasteiger partial charge in [0.25, 0.3) is 5.91 Å². The molecule has 0 bridgehead atoms. The number of benzene rings is 1. The van der Waals surface area contributed by atoms with E-state index in [0.717, 1.165) is 43.1 Å². The lowest BCUT2D eigenvalue weighted by atomic mass is 10.2. The first-order valence-corrected chi connectivity index (χ1v) is 9.04. The molecule has 1 saturated heterocycles. The van der Waals surface area contributed by atoms with E-state index in [2.05, 4.69) is 9.88 Å². The second-order valence-corrected chi connectivity index (χ2v) is 6.70. The van der Waals surface area contributed by atoms with Crippen LogP contribution in [0.25, 0.3) is 0 Å². The Balaban J connectivity index is 1.58. The van der Waals surface area contributed by atoms with E-state index in [1.54, 1.807) is 12.0 Å². The van der Waals surface area contributed by atoms with Crippen LogP contribution >= 0.6 is 0 Å². The van der Waals surface area contributed by atoms with Crippen molar-refractivity contribution < 1.29 is 22.7 Å². The normalized spacial score (nSPS) is 15.9. The molecule has 1 amide bonds. The van der Waals surface area contributed by atoms with Crippen LogP contribution in [-0.2, 0) is 12.7 Å². The highest BCUT2D eigenvalue weighted by molar-refractivity contribution is 5.93. The Morgan fingerprint density at radius 2 is 1.82 bits per heavy atom. The van der Waals surface area contributed by atoms with Crippen molar-refractivity contribution in [2.24, 2.45) is 0 Å². The number of carbonyl (C=O) groups excluding carboxylic acids is 1. The molecule has 0 radical (unpaired) electrons. The second kappa shape index (κ2) is 8.60. The summed E-state index contributed by atoms with van der Waals surface area (Å²) in [4.78, 5) is 19.9. The molecule has 150 valence electrons. The van der Waals surface area contributed by atoms with Gasteiger partial charge in [-0.2, -0.15) is 13.2 Å². The summed E-state index contributed by atoms with van der Waals surface area (Å²) < 4.78 is 43.0. The summed E-state index contributed by atoms with van der Waals surface area (Å²) in [6.07, 6.45) is -2.70. The zero-order valence-electron chi connectivity index (χ0n) is 15.6. The van der Waals surface area contributed by atoms with Crippen LogP contribution in [-0.4, -0.2) is 54.0 Å². The van der Waals surface area contributed by atoms with Crippen LogP contribution in [0.4, 0.5) is 13.2 Å². The first-order valence-electron chi connectivity index (χ1n) is 9.04. The van der Waals surface area contributed by atoms with Crippen molar-refractivity contribution in [2.45, 2.75) is 19.1 Å². The van der Waals surface area contributed by atoms with Gasteiger partial charge >= 0.3 is 6.18 Å².